The highest BCUT2D eigenvalue weighted by Gasteiger charge is 2.42. The summed E-state index contributed by atoms with van der Waals surface area (Å²) in [4.78, 5) is 27.6. The Morgan fingerprint density at radius 3 is 2.00 bits per heavy atom. The Bertz CT molecular complexity index is 926. The maximum Gasteiger partial charge on any atom is 0.251 e. The van der Waals surface area contributed by atoms with Crippen LogP contribution in [0, 0.1) is 0 Å². The molecule has 1 aliphatic heterocycles. The molecule has 1 N–H and O–H groups in total. The second-order valence-electron chi connectivity index (χ2n) is 6.62. The van der Waals surface area contributed by atoms with Gasteiger partial charge in [-0.3, -0.25) is 9.59 Å². The number of benzene rings is 3. The van der Waals surface area contributed by atoms with Gasteiger partial charge in [0, 0.05) is 23.7 Å². The number of rotatable bonds is 4. The molecule has 4 rings (SSSR count). The highest BCUT2D eigenvalue weighted by Crippen LogP contribution is 2.32. The number of amides is 2. The Balaban J connectivity index is 1.65. The average molecular weight is 356 g/mol. The van der Waals surface area contributed by atoms with Crippen LogP contribution in [0.3, 0.4) is 0 Å². The zero-order valence-electron chi connectivity index (χ0n) is 14.8. The monoisotopic (exact) mass is 356 g/mol. The highest BCUT2D eigenvalue weighted by molar-refractivity contribution is 6.04. The number of para-hydroxylation sites is 1. The van der Waals surface area contributed by atoms with E-state index < -0.39 is 6.04 Å². The van der Waals surface area contributed by atoms with Gasteiger partial charge in [0.2, 0.25) is 5.91 Å². The van der Waals surface area contributed by atoms with E-state index in [1.165, 1.54) is 0 Å². The van der Waals surface area contributed by atoms with Crippen molar-refractivity contribution in [1.82, 2.24) is 5.32 Å². The van der Waals surface area contributed by atoms with E-state index in [4.69, 9.17) is 0 Å². The van der Waals surface area contributed by atoms with Gasteiger partial charge in [0.05, 0.1) is 0 Å². The molecule has 0 bridgehead atoms. The van der Waals surface area contributed by atoms with Crippen molar-refractivity contribution in [3.05, 3.63) is 102 Å². The molecule has 1 heterocycles. The fourth-order valence-corrected chi connectivity index (χ4v) is 3.55. The molecule has 2 atom stereocenters. The van der Waals surface area contributed by atoms with Gasteiger partial charge < -0.3 is 10.2 Å². The van der Waals surface area contributed by atoms with Crippen LogP contribution in [-0.2, 0) is 4.79 Å². The molecule has 2 amide bonds. The first-order valence-corrected chi connectivity index (χ1v) is 9.01. The van der Waals surface area contributed by atoms with E-state index >= 15 is 0 Å². The van der Waals surface area contributed by atoms with Gasteiger partial charge in [-0.2, -0.15) is 0 Å². The van der Waals surface area contributed by atoms with Crippen LogP contribution in [0.25, 0.3) is 0 Å². The van der Waals surface area contributed by atoms with E-state index in [1.54, 1.807) is 17.0 Å². The molecule has 3 aromatic carbocycles. The Morgan fingerprint density at radius 1 is 0.815 bits per heavy atom. The summed E-state index contributed by atoms with van der Waals surface area (Å²) in [6.07, 6.45) is 0. The third-order valence-electron chi connectivity index (χ3n) is 4.93. The van der Waals surface area contributed by atoms with Crippen molar-refractivity contribution in [2.24, 2.45) is 0 Å². The van der Waals surface area contributed by atoms with Crippen LogP contribution in [0.5, 0.6) is 0 Å². The SMILES string of the molecule is O=C(N[C@@H]1C(=O)N(c2ccccc2)C[C@H]1c1ccccc1)c1ccccc1. The largest absolute Gasteiger partial charge is 0.340 e. The van der Waals surface area contributed by atoms with E-state index in [0.29, 0.717) is 12.1 Å². The molecule has 1 fully saturated rings. The van der Waals surface area contributed by atoms with Crippen molar-refractivity contribution in [1.29, 1.82) is 0 Å². The van der Waals surface area contributed by atoms with Gasteiger partial charge >= 0.3 is 0 Å². The summed E-state index contributed by atoms with van der Waals surface area (Å²) in [5.41, 5.74) is 2.44. The van der Waals surface area contributed by atoms with Crippen molar-refractivity contribution in [2.45, 2.75) is 12.0 Å². The molecule has 134 valence electrons. The number of hydrogen-bond acceptors (Lipinski definition) is 2. The Hall–Kier alpha value is -3.40. The van der Waals surface area contributed by atoms with Gasteiger partial charge in [0.15, 0.2) is 0 Å². The normalized spacial score (nSPS) is 19.1. The van der Waals surface area contributed by atoms with Gasteiger partial charge in [0.25, 0.3) is 5.91 Å². The number of nitrogens with one attached hydrogen (secondary N) is 1. The molecule has 4 nitrogen and oxygen atoms in total. The minimum atomic E-state index is -0.597. The second kappa shape index (κ2) is 7.46. The molecule has 0 unspecified atom stereocenters. The molecule has 1 aliphatic rings. The van der Waals surface area contributed by atoms with Crippen LogP contribution in [0.1, 0.15) is 21.8 Å². The first-order valence-electron chi connectivity index (χ1n) is 9.01. The summed E-state index contributed by atoms with van der Waals surface area (Å²) in [5, 5.41) is 2.96. The van der Waals surface area contributed by atoms with Crippen molar-refractivity contribution in [3.63, 3.8) is 0 Å². The standard InChI is InChI=1S/C23H20N2O2/c26-22(18-12-6-2-7-13-18)24-21-20(17-10-4-1-5-11-17)16-25(23(21)27)19-14-8-3-9-15-19/h1-15,20-21H,16H2,(H,24,26)/t20-,21-/m0/s1. The first kappa shape index (κ1) is 17.0. The van der Waals surface area contributed by atoms with Crippen molar-refractivity contribution in [3.8, 4) is 0 Å². The van der Waals surface area contributed by atoms with Crippen LogP contribution in [-0.4, -0.2) is 24.4 Å². The molecule has 1 saturated heterocycles. The topological polar surface area (TPSA) is 49.4 Å². The molecule has 0 aromatic heterocycles. The summed E-state index contributed by atoms with van der Waals surface area (Å²) in [5.74, 6) is -0.421. The summed E-state index contributed by atoms with van der Waals surface area (Å²) in [6, 6.07) is 27.9. The molecule has 27 heavy (non-hydrogen) atoms. The Labute approximate surface area is 158 Å². The van der Waals surface area contributed by atoms with Gasteiger partial charge in [-0.25, -0.2) is 0 Å². The van der Waals surface area contributed by atoms with E-state index in [2.05, 4.69) is 5.32 Å². The number of carbonyl (C=O) groups excluding carboxylic acids is 2. The quantitative estimate of drug-likeness (QED) is 0.776. The second-order valence-corrected chi connectivity index (χ2v) is 6.62. The molecular formula is C23H20N2O2. The predicted octanol–water partition coefficient (Wildman–Crippen LogP) is 3.62. The lowest BCUT2D eigenvalue weighted by Crippen LogP contribution is -2.43. The lowest BCUT2D eigenvalue weighted by molar-refractivity contribution is -0.118. The van der Waals surface area contributed by atoms with Crippen LogP contribution >= 0.6 is 0 Å². The lowest BCUT2D eigenvalue weighted by Gasteiger charge is -2.18. The maximum absolute atomic E-state index is 13.2. The fourth-order valence-electron chi connectivity index (χ4n) is 3.55. The van der Waals surface area contributed by atoms with Crippen LogP contribution in [0.4, 0.5) is 5.69 Å². The van der Waals surface area contributed by atoms with Crippen LogP contribution in [0.15, 0.2) is 91.0 Å². The molecule has 0 radical (unpaired) electrons. The third-order valence-corrected chi connectivity index (χ3v) is 4.93. The van der Waals surface area contributed by atoms with Crippen molar-refractivity contribution < 1.29 is 9.59 Å². The number of anilines is 1. The highest BCUT2D eigenvalue weighted by atomic mass is 16.2. The minimum Gasteiger partial charge on any atom is -0.340 e. The molecule has 3 aromatic rings. The molecule has 0 saturated carbocycles. The van der Waals surface area contributed by atoms with Crippen molar-refractivity contribution >= 4 is 17.5 Å². The van der Waals surface area contributed by atoms with Crippen LogP contribution < -0.4 is 10.2 Å². The smallest absolute Gasteiger partial charge is 0.251 e. The number of carbonyl (C=O) groups is 2. The van der Waals surface area contributed by atoms with E-state index in [1.807, 2.05) is 78.9 Å². The molecular weight excluding hydrogens is 336 g/mol. The van der Waals surface area contributed by atoms with E-state index in [-0.39, 0.29) is 17.7 Å². The molecule has 0 spiro atoms. The summed E-state index contributed by atoms with van der Waals surface area (Å²) >= 11 is 0. The van der Waals surface area contributed by atoms with Gasteiger partial charge in [-0.15, -0.1) is 0 Å². The predicted molar refractivity (Wildman–Crippen MR) is 106 cm³/mol. The number of nitrogens with zero attached hydrogens (tertiary/aromatic N) is 1. The van der Waals surface area contributed by atoms with Gasteiger partial charge in [-0.05, 0) is 29.8 Å². The summed E-state index contributed by atoms with van der Waals surface area (Å²) in [6.45, 7) is 0.534. The zero-order chi connectivity index (χ0) is 18.6. The summed E-state index contributed by atoms with van der Waals surface area (Å²) in [7, 11) is 0. The number of hydrogen-bond donors (Lipinski definition) is 1. The Morgan fingerprint density at radius 2 is 1.37 bits per heavy atom. The maximum atomic E-state index is 13.2. The minimum absolute atomic E-state index is 0.0839. The van der Waals surface area contributed by atoms with Gasteiger partial charge in [0.1, 0.15) is 6.04 Å². The van der Waals surface area contributed by atoms with Gasteiger partial charge in [-0.1, -0.05) is 66.7 Å². The fraction of sp³-hybridized carbons (Fsp3) is 0.130. The molecule has 4 heteroatoms. The molecule has 0 aliphatic carbocycles. The lowest BCUT2D eigenvalue weighted by atomic mass is 9.94. The van der Waals surface area contributed by atoms with Crippen molar-refractivity contribution in [2.75, 3.05) is 11.4 Å². The first-order chi connectivity index (χ1) is 13.2. The van der Waals surface area contributed by atoms with E-state index in [9.17, 15) is 9.59 Å². The summed E-state index contributed by atoms with van der Waals surface area (Å²) < 4.78 is 0. The average Bonchev–Trinajstić information content (AvgIpc) is 3.06. The zero-order valence-corrected chi connectivity index (χ0v) is 14.8. The van der Waals surface area contributed by atoms with E-state index in [0.717, 1.165) is 11.3 Å². The third kappa shape index (κ3) is 3.47. The van der Waals surface area contributed by atoms with Crippen LogP contribution in [0.2, 0.25) is 0 Å². The Kier molecular flexibility index (Phi) is 4.71.